The van der Waals surface area contributed by atoms with Crippen LogP contribution in [0.5, 0.6) is 17.2 Å². The number of para-hydroxylation sites is 1. The van der Waals surface area contributed by atoms with E-state index in [0.29, 0.717) is 28.6 Å². The number of anilines is 2. The molecule has 0 aliphatic carbocycles. The highest BCUT2D eigenvalue weighted by molar-refractivity contribution is 7.92. The molecule has 3 aromatic rings. The van der Waals surface area contributed by atoms with Gasteiger partial charge in [0.25, 0.3) is 0 Å². The van der Waals surface area contributed by atoms with Crippen LogP contribution >= 0.6 is 0 Å². The Labute approximate surface area is 182 Å². The van der Waals surface area contributed by atoms with Gasteiger partial charge in [-0.2, -0.15) is 0 Å². The van der Waals surface area contributed by atoms with Gasteiger partial charge < -0.3 is 14.8 Å². The highest BCUT2D eigenvalue weighted by atomic mass is 32.2. The molecule has 0 unspecified atom stereocenters. The van der Waals surface area contributed by atoms with Crippen molar-refractivity contribution < 1.29 is 22.7 Å². The summed E-state index contributed by atoms with van der Waals surface area (Å²) in [4.78, 5) is 12.8. The Morgan fingerprint density at radius 3 is 1.97 bits per heavy atom. The highest BCUT2D eigenvalue weighted by Crippen LogP contribution is 2.25. The lowest BCUT2D eigenvalue weighted by Crippen LogP contribution is -2.45. The highest BCUT2D eigenvalue weighted by Gasteiger charge is 2.29. The van der Waals surface area contributed by atoms with Crippen molar-refractivity contribution in [2.24, 2.45) is 0 Å². The van der Waals surface area contributed by atoms with Gasteiger partial charge in [0.05, 0.1) is 19.1 Å². The molecule has 0 fully saturated rings. The lowest BCUT2D eigenvalue weighted by atomic mass is 10.2. The van der Waals surface area contributed by atoms with Gasteiger partial charge in [-0.25, -0.2) is 8.42 Å². The lowest BCUT2D eigenvalue weighted by Gasteiger charge is -2.28. The van der Waals surface area contributed by atoms with E-state index in [4.69, 9.17) is 9.47 Å². The summed E-state index contributed by atoms with van der Waals surface area (Å²) in [5, 5.41) is 2.75. The first-order valence-electron chi connectivity index (χ1n) is 9.55. The SMILES string of the molecule is COc1ccc(N([C@H](C)C(=O)Nc2ccc(Oc3ccccc3)cc2)S(C)(=O)=O)cc1. The number of carbonyl (C=O) groups excluding carboxylic acids is 1. The molecule has 31 heavy (non-hydrogen) atoms. The van der Waals surface area contributed by atoms with Crippen LogP contribution in [0.4, 0.5) is 11.4 Å². The minimum Gasteiger partial charge on any atom is -0.497 e. The van der Waals surface area contributed by atoms with Gasteiger partial charge >= 0.3 is 0 Å². The van der Waals surface area contributed by atoms with Crippen LogP contribution in [0.15, 0.2) is 78.9 Å². The second-order valence-electron chi connectivity index (χ2n) is 6.86. The molecular formula is C23H24N2O5S. The van der Waals surface area contributed by atoms with Gasteiger partial charge in [-0.15, -0.1) is 0 Å². The molecule has 0 heterocycles. The van der Waals surface area contributed by atoms with Crippen LogP contribution in [-0.2, 0) is 14.8 Å². The Bertz CT molecular complexity index is 1110. The second kappa shape index (κ2) is 9.53. The molecule has 0 aliphatic heterocycles. The van der Waals surface area contributed by atoms with Gasteiger partial charge in [0.1, 0.15) is 23.3 Å². The maximum Gasteiger partial charge on any atom is 0.247 e. The number of benzene rings is 3. The van der Waals surface area contributed by atoms with Crippen molar-refractivity contribution in [3.8, 4) is 17.2 Å². The molecule has 0 aromatic heterocycles. The predicted molar refractivity (Wildman–Crippen MR) is 121 cm³/mol. The fourth-order valence-electron chi connectivity index (χ4n) is 3.02. The molecular weight excluding hydrogens is 416 g/mol. The van der Waals surface area contributed by atoms with E-state index < -0.39 is 22.0 Å². The third-order valence-electron chi connectivity index (χ3n) is 4.52. The van der Waals surface area contributed by atoms with E-state index in [1.807, 2.05) is 30.3 Å². The molecule has 8 heteroatoms. The van der Waals surface area contributed by atoms with E-state index in [-0.39, 0.29) is 0 Å². The van der Waals surface area contributed by atoms with Crippen LogP contribution in [0.2, 0.25) is 0 Å². The summed E-state index contributed by atoms with van der Waals surface area (Å²) in [5.41, 5.74) is 0.901. The number of rotatable bonds is 8. The Morgan fingerprint density at radius 2 is 1.42 bits per heavy atom. The second-order valence-corrected chi connectivity index (χ2v) is 8.72. The zero-order valence-electron chi connectivity index (χ0n) is 17.5. The molecule has 3 rings (SSSR count). The third kappa shape index (κ3) is 5.76. The number of nitrogens with one attached hydrogen (secondary N) is 1. The van der Waals surface area contributed by atoms with E-state index in [9.17, 15) is 13.2 Å². The third-order valence-corrected chi connectivity index (χ3v) is 5.76. The van der Waals surface area contributed by atoms with E-state index in [2.05, 4.69) is 5.32 Å². The Balaban J connectivity index is 1.72. The van der Waals surface area contributed by atoms with Crippen molar-refractivity contribution in [2.75, 3.05) is 23.0 Å². The van der Waals surface area contributed by atoms with Crippen molar-refractivity contribution in [3.05, 3.63) is 78.9 Å². The van der Waals surface area contributed by atoms with Crippen LogP contribution in [0.25, 0.3) is 0 Å². The summed E-state index contributed by atoms with van der Waals surface area (Å²) in [5.74, 6) is 1.45. The average molecular weight is 441 g/mol. The fraction of sp³-hybridized carbons (Fsp3) is 0.174. The van der Waals surface area contributed by atoms with Crippen molar-refractivity contribution >= 4 is 27.3 Å². The zero-order chi connectivity index (χ0) is 22.4. The number of hydrogen-bond acceptors (Lipinski definition) is 5. The number of ether oxygens (including phenoxy) is 2. The first kappa shape index (κ1) is 22.2. The van der Waals surface area contributed by atoms with Gasteiger partial charge in [0, 0.05) is 5.69 Å². The minimum absolute atomic E-state index is 0.373. The van der Waals surface area contributed by atoms with Gasteiger partial charge in [-0.3, -0.25) is 9.10 Å². The summed E-state index contributed by atoms with van der Waals surface area (Å²) in [6.07, 6.45) is 1.07. The quantitative estimate of drug-likeness (QED) is 0.565. The summed E-state index contributed by atoms with van der Waals surface area (Å²) in [6.45, 7) is 1.54. The average Bonchev–Trinajstić information content (AvgIpc) is 2.75. The maximum absolute atomic E-state index is 12.8. The molecule has 0 spiro atoms. The Kier molecular flexibility index (Phi) is 6.81. The predicted octanol–water partition coefficient (Wildman–Crippen LogP) is 4.28. The van der Waals surface area contributed by atoms with Crippen molar-refractivity contribution in [2.45, 2.75) is 13.0 Å². The molecule has 1 atom stereocenters. The van der Waals surface area contributed by atoms with Gasteiger partial charge in [0.15, 0.2) is 0 Å². The standard InChI is InChI=1S/C23H24N2O5S/c1-17(25(31(3,27)28)19-11-15-20(29-2)16-12-19)23(26)24-18-9-13-22(14-10-18)30-21-7-5-4-6-8-21/h4-17H,1-3H3,(H,24,26)/t17-/m1/s1. The number of sulfonamides is 1. The molecule has 162 valence electrons. The first-order valence-corrected chi connectivity index (χ1v) is 11.4. The van der Waals surface area contributed by atoms with Crippen molar-refractivity contribution in [3.63, 3.8) is 0 Å². The number of carbonyl (C=O) groups is 1. The van der Waals surface area contributed by atoms with Crippen LogP contribution < -0.4 is 19.1 Å². The molecule has 0 radical (unpaired) electrons. The van der Waals surface area contributed by atoms with E-state index in [0.717, 1.165) is 10.6 Å². The normalized spacial score (nSPS) is 12.0. The first-order chi connectivity index (χ1) is 14.8. The van der Waals surface area contributed by atoms with Crippen LogP contribution in [0.1, 0.15) is 6.92 Å². The fourth-order valence-corrected chi connectivity index (χ4v) is 4.19. The molecule has 0 saturated heterocycles. The molecule has 0 bridgehead atoms. The summed E-state index contributed by atoms with van der Waals surface area (Å²) >= 11 is 0. The largest absolute Gasteiger partial charge is 0.497 e. The number of methoxy groups -OCH3 is 1. The number of amides is 1. The smallest absolute Gasteiger partial charge is 0.247 e. The van der Waals surface area contributed by atoms with E-state index in [1.165, 1.54) is 14.0 Å². The molecule has 0 saturated carbocycles. The van der Waals surface area contributed by atoms with Gasteiger partial charge in [-0.1, -0.05) is 18.2 Å². The van der Waals surface area contributed by atoms with Gasteiger partial charge in [-0.05, 0) is 67.6 Å². The Morgan fingerprint density at radius 1 is 0.871 bits per heavy atom. The van der Waals surface area contributed by atoms with E-state index in [1.54, 1.807) is 48.5 Å². The topological polar surface area (TPSA) is 84.9 Å². The van der Waals surface area contributed by atoms with Crippen LogP contribution in [-0.4, -0.2) is 33.7 Å². The van der Waals surface area contributed by atoms with Crippen molar-refractivity contribution in [1.82, 2.24) is 0 Å². The molecule has 1 N–H and O–H groups in total. The molecule has 0 aliphatic rings. The molecule has 3 aromatic carbocycles. The van der Waals surface area contributed by atoms with Crippen molar-refractivity contribution in [1.29, 1.82) is 0 Å². The lowest BCUT2D eigenvalue weighted by molar-refractivity contribution is -0.116. The summed E-state index contributed by atoms with van der Waals surface area (Å²) in [7, 11) is -2.18. The summed E-state index contributed by atoms with van der Waals surface area (Å²) < 4.78 is 36.7. The van der Waals surface area contributed by atoms with E-state index >= 15 is 0 Å². The monoisotopic (exact) mass is 440 g/mol. The summed E-state index contributed by atoms with van der Waals surface area (Å²) in [6, 6.07) is 21.7. The molecule has 1 amide bonds. The van der Waals surface area contributed by atoms with Gasteiger partial charge in [0.2, 0.25) is 15.9 Å². The zero-order valence-corrected chi connectivity index (χ0v) is 18.3. The number of hydrogen-bond donors (Lipinski definition) is 1. The Hall–Kier alpha value is -3.52. The van der Waals surface area contributed by atoms with Crippen LogP contribution in [0, 0.1) is 0 Å². The van der Waals surface area contributed by atoms with Crippen LogP contribution in [0.3, 0.4) is 0 Å². The number of nitrogens with zero attached hydrogens (tertiary/aromatic N) is 1. The minimum atomic E-state index is -3.70. The maximum atomic E-state index is 12.8. The molecule has 7 nitrogen and oxygen atoms in total.